The van der Waals surface area contributed by atoms with Gasteiger partial charge in [0.15, 0.2) is 17.2 Å². The number of phenols is 2. The largest absolute Gasteiger partial charge is 0.505 e. The van der Waals surface area contributed by atoms with Crippen molar-refractivity contribution in [3.8, 4) is 11.5 Å². The van der Waals surface area contributed by atoms with E-state index in [0.29, 0.717) is 11.3 Å². The van der Waals surface area contributed by atoms with Gasteiger partial charge in [0.1, 0.15) is 12.4 Å². The van der Waals surface area contributed by atoms with Gasteiger partial charge in [-0.2, -0.15) is 5.11 Å². The Morgan fingerprint density at radius 2 is 1.65 bits per heavy atom. The lowest BCUT2D eigenvalue weighted by Gasteiger charge is -2.07. The van der Waals surface area contributed by atoms with Crippen LogP contribution in [0.1, 0.15) is 28.4 Å². The summed E-state index contributed by atoms with van der Waals surface area (Å²) in [4.78, 5) is 24.0. The zero-order chi connectivity index (χ0) is 22.2. The third kappa shape index (κ3) is 5.42. The van der Waals surface area contributed by atoms with E-state index in [4.69, 9.17) is 4.74 Å². The van der Waals surface area contributed by atoms with Gasteiger partial charge in [0, 0.05) is 11.6 Å². The Balaban J connectivity index is 1.77. The van der Waals surface area contributed by atoms with Crippen molar-refractivity contribution in [2.75, 3.05) is 0 Å². The molecule has 7 heteroatoms. The van der Waals surface area contributed by atoms with Crippen LogP contribution in [-0.2, 0) is 16.1 Å². The number of azo groups is 1. The van der Waals surface area contributed by atoms with E-state index < -0.39 is 17.5 Å². The highest BCUT2D eigenvalue weighted by molar-refractivity contribution is 6.11. The third-order valence-electron chi connectivity index (χ3n) is 4.30. The summed E-state index contributed by atoms with van der Waals surface area (Å²) >= 11 is 0. The molecule has 31 heavy (non-hydrogen) atoms. The minimum Gasteiger partial charge on any atom is -0.505 e. The molecule has 0 spiro atoms. The normalized spacial score (nSPS) is 11.1. The number of benzene rings is 3. The van der Waals surface area contributed by atoms with Crippen LogP contribution in [0.15, 0.2) is 89.1 Å². The highest BCUT2D eigenvalue weighted by atomic mass is 16.5. The van der Waals surface area contributed by atoms with E-state index in [9.17, 15) is 19.8 Å². The van der Waals surface area contributed by atoms with Gasteiger partial charge >= 0.3 is 5.97 Å². The Morgan fingerprint density at radius 1 is 0.935 bits per heavy atom. The van der Waals surface area contributed by atoms with Gasteiger partial charge in [0.2, 0.25) is 0 Å². The van der Waals surface area contributed by atoms with E-state index in [2.05, 4.69) is 10.2 Å². The van der Waals surface area contributed by atoms with Crippen molar-refractivity contribution in [1.82, 2.24) is 0 Å². The molecule has 7 nitrogen and oxygen atoms in total. The number of nitrogens with zero attached hydrogens (tertiary/aromatic N) is 2. The van der Waals surface area contributed by atoms with Crippen LogP contribution in [-0.4, -0.2) is 22.0 Å². The molecule has 0 aromatic heterocycles. The van der Waals surface area contributed by atoms with Gasteiger partial charge < -0.3 is 14.9 Å². The second-order valence-corrected chi connectivity index (χ2v) is 6.50. The molecular weight excluding hydrogens is 396 g/mol. The molecule has 156 valence electrons. The number of esters is 1. The maximum Gasteiger partial charge on any atom is 0.330 e. The number of ether oxygens (including phenoxy) is 1. The van der Waals surface area contributed by atoms with E-state index in [-0.39, 0.29) is 23.6 Å². The number of rotatable bonds is 7. The number of hydrogen-bond donors (Lipinski definition) is 2. The molecule has 0 aliphatic carbocycles. The molecule has 0 aliphatic rings. The van der Waals surface area contributed by atoms with Gasteiger partial charge in [-0.1, -0.05) is 48.5 Å². The summed E-state index contributed by atoms with van der Waals surface area (Å²) in [6.45, 7) is 1.84. The molecule has 0 heterocycles. The Kier molecular flexibility index (Phi) is 6.90. The SMILES string of the molecule is CC=CC(=O)OCc1ccc(N=Nc2c(O)ccc(C(=O)c3ccccc3)c2O)cc1. The van der Waals surface area contributed by atoms with Crippen molar-refractivity contribution in [1.29, 1.82) is 0 Å². The summed E-state index contributed by atoms with van der Waals surface area (Å²) in [5.74, 6) is -1.59. The molecule has 0 bridgehead atoms. The number of allylic oxidation sites excluding steroid dienone is 1. The second kappa shape index (κ2) is 9.98. The van der Waals surface area contributed by atoms with Crippen molar-refractivity contribution < 1.29 is 24.5 Å². The highest BCUT2D eigenvalue weighted by Gasteiger charge is 2.19. The summed E-state index contributed by atoms with van der Waals surface area (Å²) in [7, 11) is 0. The average Bonchev–Trinajstić information content (AvgIpc) is 2.79. The van der Waals surface area contributed by atoms with Crippen LogP contribution < -0.4 is 0 Å². The van der Waals surface area contributed by atoms with E-state index in [1.165, 1.54) is 18.2 Å². The number of ketones is 1. The molecule has 0 saturated carbocycles. The average molecular weight is 416 g/mol. The zero-order valence-corrected chi connectivity index (χ0v) is 16.7. The fourth-order valence-corrected chi connectivity index (χ4v) is 2.70. The van der Waals surface area contributed by atoms with Crippen molar-refractivity contribution in [3.05, 3.63) is 95.6 Å². The van der Waals surface area contributed by atoms with Crippen molar-refractivity contribution in [2.24, 2.45) is 10.2 Å². The predicted molar refractivity (Wildman–Crippen MR) is 115 cm³/mol. The van der Waals surface area contributed by atoms with Crippen LogP contribution in [0, 0.1) is 0 Å². The van der Waals surface area contributed by atoms with Crippen LogP contribution in [0.25, 0.3) is 0 Å². The van der Waals surface area contributed by atoms with Crippen molar-refractivity contribution in [2.45, 2.75) is 13.5 Å². The minimum absolute atomic E-state index is 0.0104. The van der Waals surface area contributed by atoms with Crippen LogP contribution in [0.4, 0.5) is 11.4 Å². The van der Waals surface area contributed by atoms with Gasteiger partial charge in [0.05, 0.1) is 11.3 Å². The number of carbonyl (C=O) groups is 2. The Morgan fingerprint density at radius 3 is 2.32 bits per heavy atom. The smallest absolute Gasteiger partial charge is 0.330 e. The van der Waals surface area contributed by atoms with E-state index in [1.54, 1.807) is 67.6 Å². The number of phenolic OH excluding ortho intramolecular Hbond substituents is 2. The Hall–Kier alpha value is -4.26. The van der Waals surface area contributed by atoms with Crippen LogP contribution in [0.3, 0.4) is 0 Å². The molecule has 0 amide bonds. The molecule has 0 saturated heterocycles. The topological polar surface area (TPSA) is 109 Å². The molecule has 0 aliphatic heterocycles. The third-order valence-corrected chi connectivity index (χ3v) is 4.30. The number of aromatic hydroxyl groups is 2. The first-order chi connectivity index (χ1) is 15.0. The van der Waals surface area contributed by atoms with Gasteiger partial charge in [0.25, 0.3) is 0 Å². The summed E-state index contributed by atoms with van der Waals surface area (Å²) in [5, 5.41) is 28.5. The van der Waals surface area contributed by atoms with Crippen LogP contribution in [0.5, 0.6) is 11.5 Å². The predicted octanol–water partition coefficient (Wildman–Crippen LogP) is 5.36. The maximum atomic E-state index is 12.6. The summed E-state index contributed by atoms with van der Waals surface area (Å²) in [6, 6.07) is 17.8. The molecular formula is C24H20N2O5. The number of carbonyl (C=O) groups excluding carboxylic acids is 2. The molecule has 3 aromatic carbocycles. The molecule has 0 atom stereocenters. The van der Waals surface area contributed by atoms with Crippen molar-refractivity contribution in [3.63, 3.8) is 0 Å². The second-order valence-electron chi connectivity index (χ2n) is 6.50. The van der Waals surface area contributed by atoms with E-state index >= 15 is 0 Å². The molecule has 0 fully saturated rings. The fourth-order valence-electron chi connectivity index (χ4n) is 2.70. The summed E-state index contributed by atoms with van der Waals surface area (Å²) < 4.78 is 5.06. The Bertz CT molecular complexity index is 1140. The van der Waals surface area contributed by atoms with Gasteiger partial charge in [-0.25, -0.2) is 4.79 Å². The van der Waals surface area contributed by atoms with E-state index in [1.807, 2.05) is 0 Å². The van der Waals surface area contributed by atoms with Gasteiger partial charge in [-0.3, -0.25) is 4.79 Å². The highest BCUT2D eigenvalue weighted by Crippen LogP contribution is 2.40. The first kappa shape index (κ1) is 21.4. The first-order valence-corrected chi connectivity index (χ1v) is 9.44. The molecule has 2 N–H and O–H groups in total. The van der Waals surface area contributed by atoms with Crippen molar-refractivity contribution >= 4 is 23.1 Å². The summed E-state index contributed by atoms with van der Waals surface area (Å²) in [5.41, 5.74) is 1.42. The lowest BCUT2D eigenvalue weighted by atomic mass is 10.0. The Labute approximate surface area is 179 Å². The maximum absolute atomic E-state index is 12.6. The van der Waals surface area contributed by atoms with Gasteiger partial charge in [-0.15, -0.1) is 5.11 Å². The fraction of sp³-hybridized carbons (Fsp3) is 0.0833. The van der Waals surface area contributed by atoms with Gasteiger partial charge in [-0.05, 0) is 36.8 Å². The van der Waals surface area contributed by atoms with E-state index in [0.717, 1.165) is 5.56 Å². The monoisotopic (exact) mass is 416 g/mol. The van der Waals surface area contributed by atoms with Crippen LogP contribution >= 0.6 is 0 Å². The number of hydrogen-bond acceptors (Lipinski definition) is 7. The minimum atomic E-state index is -0.454. The van der Waals surface area contributed by atoms with Crippen LogP contribution in [0.2, 0.25) is 0 Å². The lowest BCUT2D eigenvalue weighted by Crippen LogP contribution is -2.01. The zero-order valence-electron chi connectivity index (χ0n) is 16.7. The standard InChI is InChI=1S/C24H20N2O5/c1-2-6-21(28)31-15-16-9-11-18(12-10-16)25-26-22-20(27)14-13-19(24(22)30)23(29)17-7-4-3-5-8-17/h2-14,27,30H,15H2,1H3. The molecule has 0 radical (unpaired) electrons. The summed E-state index contributed by atoms with van der Waals surface area (Å²) in [6.07, 6.45) is 2.93. The molecule has 0 unspecified atom stereocenters. The lowest BCUT2D eigenvalue weighted by molar-refractivity contribution is -0.139. The molecule has 3 rings (SSSR count). The quantitative estimate of drug-likeness (QED) is 0.233. The molecule has 3 aromatic rings. The first-order valence-electron chi connectivity index (χ1n) is 9.44.